The van der Waals surface area contributed by atoms with Crippen molar-refractivity contribution < 1.29 is 29.1 Å². The Bertz CT molecular complexity index is 788. The number of aliphatic hydroxyl groups excluding tert-OH is 1. The van der Waals surface area contributed by atoms with Crippen LogP contribution >= 0.6 is 0 Å². The fourth-order valence-electron chi connectivity index (χ4n) is 4.10. The van der Waals surface area contributed by atoms with Crippen LogP contribution in [0.3, 0.4) is 0 Å². The van der Waals surface area contributed by atoms with Crippen LogP contribution in [0.1, 0.15) is 69.6 Å². The molecule has 0 radical (unpaired) electrons. The molecule has 1 atom stereocenters. The van der Waals surface area contributed by atoms with Gasteiger partial charge in [0.15, 0.2) is 0 Å². The van der Waals surface area contributed by atoms with Gasteiger partial charge in [0.25, 0.3) is 5.69 Å². The van der Waals surface area contributed by atoms with Crippen molar-refractivity contribution in [2.24, 2.45) is 0 Å². The Kier molecular flexibility index (Phi) is 9.23. The van der Waals surface area contributed by atoms with Crippen molar-refractivity contribution in [1.82, 2.24) is 4.90 Å². The Hall–Kier alpha value is -2.68. The molecule has 0 aliphatic heterocycles. The Morgan fingerprint density at radius 1 is 1.29 bits per heavy atom. The van der Waals surface area contributed by atoms with E-state index in [0.29, 0.717) is 24.3 Å². The summed E-state index contributed by atoms with van der Waals surface area (Å²) >= 11 is 0. The second kappa shape index (κ2) is 11.6. The lowest BCUT2D eigenvalue weighted by Crippen LogP contribution is -2.41. The van der Waals surface area contributed by atoms with Crippen LogP contribution in [0.25, 0.3) is 0 Å². The van der Waals surface area contributed by atoms with Crippen molar-refractivity contribution in [2.45, 2.75) is 71.4 Å². The number of hydrogen-bond acceptors (Lipinski definition) is 7. The van der Waals surface area contributed by atoms with Crippen molar-refractivity contribution in [3.63, 3.8) is 0 Å². The fraction of sp³-hybridized carbons (Fsp3) is 0.636. The number of nitrogens with zero attached hydrogens (tertiary/aromatic N) is 2. The van der Waals surface area contributed by atoms with Crippen LogP contribution in [0.4, 0.5) is 5.69 Å². The minimum absolute atomic E-state index is 0.00531. The lowest BCUT2D eigenvalue weighted by Gasteiger charge is -2.29. The quantitative estimate of drug-likeness (QED) is 0.244. The molecule has 1 saturated carbocycles. The maximum Gasteiger partial charge on any atom is 0.302 e. The van der Waals surface area contributed by atoms with Crippen LogP contribution in [-0.4, -0.2) is 52.6 Å². The summed E-state index contributed by atoms with van der Waals surface area (Å²) in [5.41, 5.74) is 0.666. The van der Waals surface area contributed by atoms with Crippen molar-refractivity contribution in [2.75, 3.05) is 19.8 Å². The number of benzene rings is 1. The molecule has 31 heavy (non-hydrogen) atoms. The number of ether oxygens (including phenoxy) is 2. The summed E-state index contributed by atoms with van der Waals surface area (Å²) in [6, 6.07) is 3.14. The van der Waals surface area contributed by atoms with E-state index in [9.17, 15) is 24.8 Å². The summed E-state index contributed by atoms with van der Waals surface area (Å²) in [6.45, 7) is 5.33. The normalized spacial score (nSPS) is 14.8. The molecule has 0 heterocycles. The first kappa shape index (κ1) is 24.6. The van der Waals surface area contributed by atoms with Crippen molar-refractivity contribution in [3.05, 3.63) is 33.4 Å². The first-order valence-corrected chi connectivity index (χ1v) is 10.7. The number of nitro benzene ring substituents is 1. The molecule has 1 aromatic carbocycles. The predicted molar refractivity (Wildman–Crippen MR) is 114 cm³/mol. The number of carbonyl (C=O) groups excluding carboxylic acids is 2. The van der Waals surface area contributed by atoms with Crippen LogP contribution in [0.15, 0.2) is 12.1 Å². The number of amides is 1. The molecule has 1 unspecified atom stereocenters. The van der Waals surface area contributed by atoms with Crippen LogP contribution in [-0.2, 0) is 14.3 Å². The number of carbonyl (C=O) groups is 2. The maximum absolute atomic E-state index is 12.7. The zero-order valence-corrected chi connectivity index (χ0v) is 18.5. The Morgan fingerprint density at radius 2 is 1.97 bits per heavy atom. The summed E-state index contributed by atoms with van der Waals surface area (Å²) in [5, 5.41) is 21.2. The molecule has 9 heteroatoms. The third-order valence-corrected chi connectivity index (χ3v) is 5.48. The van der Waals surface area contributed by atoms with Gasteiger partial charge in [0.05, 0.1) is 35.8 Å². The minimum Gasteiger partial charge on any atom is -0.493 e. The number of aryl methyl sites for hydroxylation is 1. The van der Waals surface area contributed by atoms with Gasteiger partial charge in [-0.3, -0.25) is 19.7 Å². The Labute approximate surface area is 182 Å². The zero-order valence-electron chi connectivity index (χ0n) is 18.5. The molecule has 1 aliphatic rings. The number of esters is 1. The van der Waals surface area contributed by atoms with E-state index < -0.39 is 11.0 Å². The highest BCUT2D eigenvalue weighted by molar-refractivity contribution is 5.76. The first-order chi connectivity index (χ1) is 14.7. The van der Waals surface area contributed by atoms with Gasteiger partial charge in [-0.1, -0.05) is 12.8 Å². The monoisotopic (exact) mass is 436 g/mol. The summed E-state index contributed by atoms with van der Waals surface area (Å²) in [6.07, 6.45) is 3.88. The number of hydrogen-bond donors (Lipinski definition) is 1. The van der Waals surface area contributed by atoms with Gasteiger partial charge < -0.3 is 19.5 Å². The van der Waals surface area contributed by atoms with E-state index in [-0.39, 0.29) is 48.8 Å². The molecule has 9 nitrogen and oxygen atoms in total. The Morgan fingerprint density at radius 3 is 2.55 bits per heavy atom. The third-order valence-electron chi connectivity index (χ3n) is 5.48. The second-order valence-electron chi connectivity index (χ2n) is 7.92. The Balaban J connectivity index is 1.91. The van der Waals surface area contributed by atoms with Gasteiger partial charge in [0, 0.05) is 19.4 Å². The smallest absolute Gasteiger partial charge is 0.302 e. The molecular weight excluding hydrogens is 404 g/mol. The summed E-state index contributed by atoms with van der Waals surface area (Å²) in [5.74, 6) is -0.0314. The number of aliphatic hydroxyl groups is 1. The topological polar surface area (TPSA) is 119 Å². The zero-order chi connectivity index (χ0) is 23.0. The molecule has 1 N–H and O–H groups in total. The molecule has 2 rings (SSSR count). The molecule has 1 fully saturated rings. The van der Waals surface area contributed by atoms with Gasteiger partial charge in [-0.05, 0) is 44.7 Å². The number of nitro groups is 1. The van der Waals surface area contributed by atoms with Gasteiger partial charge in [0.2, 0.25) is 5.91 Å². The van der Waals surface area contributed by atoms with E-state index in [4.69, 9.17) is 9.47 Å². The molecule has 1 aliphatic carbocycles. The molecule has 1 amide bonds. The lowest BCUT2D eigenvalue weighted by atomic mass is 10.0. The van der Waals surface area contributed by atoms with Crippen molar-refractivity contribution >= 4 is 17.6 Å². The standard InChI is InChI=1S/C22H32N2O7/c1-15-13-19(14-20(24(28)29)22(15)16(2)25)31-11-6-9-21(27)23(10-12-30-17(3)26)18-7-4-5-8-18/h13-14,16,18,25H,4-12H2,1-3H3. The van der Waals surface area contributed by atoms with E-state index in [1.807, 2.05) is 4.90 Å². The maximum atomic E-state index is 12.7. The van der Waals surface area contributed by atoms with E-state index in [2.05, 4.69) is 0 Å². The highest BCUT2D eigenvalue weighted by atomic mass is 16.6. The average molecular weight is 437 g/mol. The van der Waals surface area contributed by atoms with Gasteiger partial charge in [-0.25, -0.2) is 0 Å². The van der Waals surface area contributed by atoms with E-state index in [1.165, 1.54) is 19.9 Å². The van der Waals surface area contributed by atoms with E-state index in [1.54, 1.807) is 13.0 Å². The van der Waals surface area contributed by atoms with Gasteiger partial charge in [0.1, 0.15) is 12.4 Å². The largest absolute Gasteiger partial charge is 0.493 e. The average Bonchev–Trinajstić information content (AvgIpc) is 3.21. The molecule has 172 valence electrons. The van der Waals surface area contributed by atoms with Gasteiger partial charge in [-0.15, -0.1) is 0 Å². The van der Waals surface area contributed by atoms with Gasteiger partial charge >= 0.3 is 5.97 Å². The first-order valence-electron chi connectivity index (χ1n) is 10.7. The summed E-state index contributed by atoms with van der Waals surface area (Å²) < 4.78 is 10.7. The summed E-state index contributed by atoms with van der Waals surface area (Å²) in [7, 11) is 0. The highest BCUT2D eigenvalue weighted by Crippen LogP contribution is 2.33. The molecule has 0 saturated heterocycles. The minimum atomic E-state index is -0.958. The molecule has 0 spiro atoms. The van der Waals surface area contributed by atoms with Crippen LogP contribution in [0.5, 0.6) is 5.75 Å². The molecular formula is C22H32N2O7. The molecule has 0 bridgehead atoms. The van der Waals surface area contributed by atoms with Gasteiger partial charge in [-0.2, -0.15) is 0 Å². The highest BCUT2D eigenvalue weighted by Gasteiger charge is 2.26. The van der Waals surface area contributed by atoms with E-state index in [0.717, 1.165) is 25.7 Å². The second-order valence-corrected chi connectivity index (χ2v) is 7.92. The lowest BCUT2D eigenvalue weighted by molar-refractivity contribution is -0.386. The SMILES string of the molecule is CC(=O)OCCN(C(=O)CCCOc1cc(C)c(C(C)O)c([N+](=O)[O-])c1)C1CCCC1. The summed E-state index contributed by atoms with van der Waals surface area (Å²) in [4.78, 5) is 36.4. The van der Waals surface area contributed by atoms with Crippen LogP contribution in [0.2, 0.25) is 0 Å². The van der Waals surface area contributed by atoms with E-state index >= 15 is 0 Å². The van der Waals surface area contributed by atoms with Crippen molar-refractivity contribution in [3.8, 4) is 5.75 Å². The van der Waals surface area contributed by atoms with Crippen molar-refractivity contribution in [1.29, 1.82) is 0 Å². The third kappa shape index (κ3) is 7.20. The molecule has 1 aromatic rings. The van der Waals surface area contributed by atoms with Crippen LogP contribution < -0.4 is 4.74 Å². The fourth-order valence-corrected chi connectivity index (χ4v) is 4.10. The molecule has 0 aromatic heterocycles. The predicted octanol–water partition coefficient (Wildman–Crippen LogP) is 3.45. The van der Waals surface area contributed by atoms with Crippen LogP contribution in [0, 0.1) is 17.0 Å². The number of rotatable bonds is 11.